The fraction of sp³-hybridized carbons (Fsp3) is 0.500. The van der Waals surface area contributed by atoms with Gasteiger partial charge in [-0.3, -0.25) is 18.7 Å². The zero-order valence-corrected chi connectivity index (χ0v) is 7.19. The highest BCUT2D eigenvalue weighted by molar-refractivity contribution is 7.79. The van der Waals surface area contributed by atoms with Crippen molar-refractivity contribution in [2.45, 2.75) is 12.8 Å². The molecule has 0 rings (SSSR count). The van der Waals surface area contributed by atoms with Crippen molar-refractivity contribution in [3.05, 3.63) is 0 Å². The molecule has 0 aliphatic heterocycles. The van der Waals surface area contributed by atoms with E-state index >= 15 is 0 Å². The summed E-state index contributed by atoms with van der Waals surface area (Å²) < 4.78 is 31.6. The summed E-state index contributed by atoms with van der Waals surface area (Å²) >= 11 is 0. The van der Waals surface area contributed by atoms with Crippen LogP contribution in [0.25, 0.3) is 0 Å². The first-order valence-corrected chi connectivity index (χ1v) is 4.22. The van der Waals surface area contributed by atoms with Crippen LogP contribution in [0.4, 0.5) is 0 Å². The highest BCUT2D eigenvalue weighted by Gasteiger charge is 1.98. The Balaban J connectivity index is 0. The molecule has 0 radical (unpaired) electrons. The summed E-state index contributed by atoms with van der Waals surface area (Å²) in [6.07, 6.45) is -0.245. The Morgan fingerprint density at radius 1 is 1.15 bits per heavy atom. The van der Waals surface area contributed by atoms with E-state index in [0.717, 1.165) is 0 Å². The predicted octanol–water partition coefficient (Wildman–Crippen LogP) is -1.32. The predicted molar refractivity (Wildman–Crippen MR) is 40.2 cm³/mol. The van der Waals surface area contributed by atoms with E-state index in [-0.39, 0.29) is 12.8 Å². The van der Waals surface area contributed by atoms with Crippen molar-refractivity contribution < 1.29 is 32.2 Å². The molecule has 0 saturated carbocycles. The first-order chi connectivity index (χ1) is 5.63. The van der Waals surface area contributed by atoms with E-state index in [9.17, 15) is 9.59 Å². The lowest BCUT2D eigenvalue weighted by Crippen LogP contribution is -2.12. The summed E-state index contributed by atoms with van der Waals surface area (Å²) in [4.78, 5) is 19.6. The van der Waals surface area contributed by atoms with Gasteiger partial charge < -0.3 is 10.8 Å². The van der Waals surface area contributed by atoms with E-state index in [0.29, 0.717) is 0 Å². The van der Waals surface area contributed by atoms with Crippen molar-refractivity contribution in [2.75, 3.05) is 0 Å². The van der Waals surface area contributed by atoms with Crippen molar-refractivity contribution >= 4 is 22.3 Å². The molecule has 0 unspecified atom stereocenters. The maximum absolute atomic E-state index is 9.86. The summed E-state index contributed by atoms with van der Waals surface area (Å²) in [7, 11) is -4.67. The fourth-order valence-electron chi connectivity index (χ4n) is 0.230. The number of rotatable bonds is 3. The van der Waals surface area contributed by atoms with Crippen LogP contribution in [0.2, 0.25) is 0 Å². The molecule has 13 heavy (non-hydrogen) atoms. The Bertz CT molecular complexity index is 246. The molecule has 0 fully saturated rings. The van der Waals surface area contributed by atoms with Crippen LogP contribution in [0.3, 0.4) is 0 Å². The molecule has 8 nitrogen and oxygen atoms in total. The summed E-state index contributed by atoms with van der Waals surface area (Å²) in [5.41, 5.74) is 4.64. The highest BCUT2D eigenvalue weighted by Crippen LogP contribution is 1.84. The first-order valence-electron chi connectivity index (χ1n) is 2.83. The van der Waals surface area contributed by atoms with Crippen LogP contribution in [-0.2, 0) is 20.0 Å². The number of amides is 1. The lowest BCUT2D eigenvalue weighted by molar-refractivity contribution is -0.138. The number of aliphatic carboxylic acids is 1. The minimum absolute atomic E-state index is 0.0741. The van der Waals surface area contributed by atoms with Gasteiger partial charge in [-0.05, 0) is 0 Å². The van der Waals surface area contributed by atoms with E-state index in [2.05, 4.69) is 5.73 Å². The van der Waals surface area contributed by atoms with Gasteiger partial charge in [-0.15, -0.1) is 0 Å². The van der Waals surface area contributed by atoms with Crippen molar-refractivity contribution in [2.24, 2.45) is 5.73 Å². The number of hydrogen-bond donors (Lipinski definition) is 4. The second kappa shape index (κ2) is 6.34. The molecule has 0 atom stereocenters. The molecule has 0 aliphatic carbocycles. The van der Waals surface area contributed by atoms with Crippen molar-refractivity contribution in [3.63, 3.8) is 0 Å². The number of carboxylic acids is 1. The molecule has 0 spiro atoms. The molecule has 0 aromatic rings. The second-order valence-electron chi connectivity index (χ2n) is 1.81. The molecule has 0 bridgehead atoms. The number of carboxylic acid groups (broad SMARTS) is 1. The summed E-state index contributed by atoms with van der Waals surface area (Å²) in [6.45, 7) is 0. The number of carbonyl (C=O) groups is 2. The van der Waals surface area contributed by atoms with Gasteiger partial charge in [0.25, 0.3) is 0 Å². The maximum atomic E-state index is 9.86. The fourth-order valence-corrected chi connectivity index (χ4v) is 0.230. The Morgan fingerprint density at radius 3 is 1.54 bits per heavy atom. The molecule has 0 heterocycles. The Labute approximate surface area is 73.9 Å². The maximum Gasteiger partial charge on any atom is 0.394 e. The Hall–Kier alpha value is -1.19. The minimum atomic E-state index is -4.67. The van der Waals surface area contributed by atoms with Crippen LogP contribution < -0.4 is 5.73 Å². The van der Waals surface area contributed by atoms with Gasteiger partial charge in [0.1, 0.15) is 0 Å². The van der Waals surface area contributed by atoms with Crippen molar-refractivity contribution in [1.82, 2.24) is 0 Å². The van der Waals surface area contributed by atoms with Gasteiger partial charge in [0.15, 0.2) is 0 Å². The molecule has 0 saturated heterocycles. The SMILES string of the molecule is NC(=O)CCC(=O)O.O=S(=O)(O)O. The largest absolute Gasteiger partial charge is 0.481 e. The third kappa shape index (κ3) is 57.8. The Kier molecular flexibility index (Phi) is 6.99. The van der Waals surface area contributed by atoms with Gasteiger partial charge in [0, 0.05) is 6.42 Å². The lowest BCUT2D eigenvalue weighted by Gasteiger charge is -1.86. The molecular weight excluding hydrogens is 206 g/mol. The standard InChI is InChI=1S/C4H7NO3.H2O4S/c5-3(6)1-2-4(7)8;1-5(2,3)4/h1-2H2,(H2,5,6)(H,7,8);(H2,1,2,3,4). The smallest absolute Gasteiger partial charge is 0.394 e. The second-order valence-corrected chi connectivity index (χ2v) is 2.70. The third-order valence-electron chi connectivity index (χ3n) is 0.585. The number of nitrogens with two attached hydrogens (primary N) is 1. The molecule has 9 heteroatoms. The minimum Gasteiger partial charge on any atom is -0.481 e. The van der Waals surface area contributed by atoms with E-state index in [1.165, 1.54) is 0 Å². The van der Waals surface area contributed by atoms with Crippen molar-refractivity contribution in [3.8, 4) is 0 Å². The van der Waals surface area contributed by atoms with E-state index in [1.54, 1.807) is 0 Å². The number of carbonyl (C=O) groups excluding carboxylic acids is 1. The highest BCUT2D eigenvalue weighted by atomic mass is 32.3. The summed E-state index contributed by atoms with van der Waals surface area (Å²) in [5, 5.41) is 7.95. The molecule has 0 aromatic carbocycles. The molecule has 5 N–H and O–H groups in total. The van der Waals surface area contributed by atoms with Crippen LogP contribution in [-0.4, -0.2) is 34.5 Å². The van der Waals surface area contributed by atoms with Gasteiger partial charge in [-0.25, -0.2) is 0 Å². The normalized spacial score (nSPS) is 9.69. The molecule has 1 amide bonds. The zero-order valence-electron chi connectivity index (χ0n) is 6.37. The van der Waals surface area contributed by atoms with Crippen molar-refractivity contribution in [1.29, 1.82) is 0 Å². The summed E-state index contributed by atoms with van der Waals surface area (Å²) in [5.74, 6) is -1.57. The third-order valence-corrected chi connectivity index (χ3v) is 0.585. The molecule has 78 valence electrons. The quantitative estimate of drug-likeness (QED) is 0.425. The molecule has 0 aliphatic rings. The summed E-state index contributed by atoms with van der Waals surface area (Å²) in [6, 6.07) is 0. The zero-order chi connectivity index (χ0) is 11.1. The average Bonchev–Trinajstić information content (AvgIpc) is 1.79. The van der Waals surface area contributed by atoms with Gasteiger partial charge in [0.05, 0.1) is 6.42 Å². The van der Waals surface area contributed by atoms with Gasteiger partial charge in [-0.2, -0.15) is 8.42 Å². The van der Waals surface area contributed by atoms with E-state index in [4.69, 9.17) is 22.6 Å². The van der Waals surface area contributed by atoms with E-state index < -0.39 is 22.3 Å². The molecule has 0 aromatic heterocycles. The van der Waals surface area contributed by atoms with Crippen LogP contribution in [0, 0.1) is 0 Å². The molecular formula is C4H9NO7S. The van der Waals surface area contributed by atoms with Gasteiger partial charge >= 0.3 is 16.4 Å². The topological polar surface area (TPSA) is 155 Å². The van der Waals surface area contributed by atoms with Crippen LogP contribution in [0.5, 0.6) is 0 Å². The van der Waals surface area contributed by atoms with E-state index in [1.807, 2.05) is 0 Å². The number of primary amides is 1. The van der Waals surface area contributed by atoms with Gasteiger partial charge in [-0.1, -0.05) is 0 Å². The van der Waals surface area contributed by atoms with Crippen LogP contribution in [0.15, 0.2) is 0 Å². The van der Waals surface area contributed by atoms with Crippen LogP contribution in [0.1, 0.15) is 12.8 Å². The first kappa shape index (κ1) is 14.3. The van der Waals surface area contributed by atoms with Crippen LogP contribution >= 0.6 is 0 Å². The number of hydrogen-bond acceptors (Lipinski definition) is 4. The monoisotopic (exact) mass is 215 g/mol. The lowest BCUT2D eigenvalue weighted by atomic mass is 10.3. The Morgan fingerprint density at radius 2 is 1.46 bits per heavy atom. The van der Waals surface area contributed by atoms with Gasteiger partial charge in [0.2, 0.25) is 5.91 Å². The average molecular weight is 215 g/mol.